The Hall–Kier alpha value is -0.790. The molecule has 0 amide bonds. The lowest BCUT2D eigenvalue weighted by molar-refractivity contribution is 0.215. The lowest BCUT2D eigenvalue weighted by atomic mass is 10.3. The van der Waals surface area contributed by atoms with Crippen molar-refractivity contribution in [2.24, 2.45) is 0 Å². The number of rotatable bonds is 4. The lowest BCUT2D eigenvalue weighted by Gasteiger charge is -2.03. The third-order valence-electron chi connectivity index (χ3n) is 0.865. The highest BCUT2D eigenvalue weighted by molar-refractivity contribution is 5.39. The third kappa shape index (κ3) is 2.39. The normalized spacial score (nSPS) is 12.1. The second-order valence-electron chi connectivity index (χ2n) is 1.38. The molecule has 1 radical (unpaired) electrons. The molecule has 0 aliphatic carbocycles. The molecule has 2 heteroatoms. The SMILES string of the molecule is C=CC(CC)O[C]=O. The van der Waals surface area contributed by atoms with Crippen molar-refractivity contribution in [3.63, 3.8) is 0 Å². The highest BCUT2D eigenvalue weighted by Gasteiger charge is 1.97. The summed E-state index contributed by atoms with van der Waals surface area (Å²) in [5.74, 6) is 0. The summed E-state index contributed by atoms with van der Waals surface area (Å²) in [6.45, 7) is 6.70. The van der Waals surface area contributed by atoms with Crippen LogP contribution in [0.3, 0.4) is 0 Å². The first-order chi connectivity index (χ1) is 3.85. The Morgan fingerprint density at radius 3 is 2.75 bits per heavy atom. The van der Waals surface area contributed by atoms with E-state index in [1.54, 1.807) is 6.08 Å². The molecule has 0 aliphatic heterocycles. The standard InChI is InChI=1S/C6H9O2/c1-3-6(4-2)8-5-7/h3,6H,1,4H2,2H3. The molecule has 0 bridgehead atoms. The predicted octanol–water partition coefficient (Wildman–Crippen LogP) is 1.03. The van der Waals surface area contributed by atoms with Crippen molar-refractivity contribution in [3.05, 3.63) is 12.7 Å². The van der Waals surface area contributed by atoms with Crippen LogP contribution < -0.4 is 0 Å². The van der Waals surface area contributed by atoms with E-state index in [9.17, 15) is 4.79 Å². The monoisotopic (exact) mass is 113 g/mol. The van der Waals surface area contributed by atoms with Gasteiger partial charge in [0, 0.05) is 0 Å². The lowest BCUT2D eigenvalue weighted by Crippen LogP contribution is -2.05. The zero-order chi connectivity index (χ0) is 6.41. The van der Waals surface area contributed by atoms with Gasteiger partial charge < -0.3 is 4.74 Å². The number of carbonyl (C=O) groups excluding carboxylic acids is 1. The molecule has 0 aromatic rings. The summed E-state index contributed by atoms with van der Waals surface area (Å²) in [5, 5.41) is 0. The largest absolute Gasteiger partial charge is 0.450 e. The van der Waals surface area contributed by atoms with E-state index in [1.165, 1.54) is 6.47 Å². The van der Waals surface area contributed by atoms with Gasteiger partial charge in [-0.15, -0.1) is 0 Å². The molecule has 0 aliphatic rings. The Morgan fingerprint density at radius 2 is 2.62 bits per heavy atom. The Morgan fingerprint density at radius 1 is 2.00 bits per heavy atom. The second kappa shape index (κ2) is 4.37. The minimum atomic E-state index is -0.160. The van der Waals surface area contributed by atoms with Crippen LogP contribution in [0.4, 0.5) is 0 Å². The molecule has 0 saturated heterocycles. The molecule has 0 rings (SSSR count). The predicted molar refractivity (Wildman–Crippen MR) is 31.1 cm³/mol. The molecule has 0 heterocycles. The van der Waals surface area contributed by atoms with Crippen LogP contribution in [0.5, 0.6) is 0 Å². The maximum atomic E-state index is 9.54. The Kier molecular flexibility index (Phi) is 3.94. The summed E-state index contributed by atoms with van der Waals surface area (Å²) in [6.07, 6.45) is 2.18. The molecule has 0 fully saturated rings. The van der Waals surface area contributed by atoms with Crippen molar-refractivity contribution >= 4 is 6.47 Å². The van der Waals surface area contributed by atoms with E-state index in [2.05, 4.69) is 11.3 Å². The van der Waals surface area contributed by atoms with Crippen LogP contribution in [0.1, 0.15) is 13.3 Å². The van der Waals surface area contributed by atoms with E-state index in [-0.39, 0.29) is 6.10 Å². The van der Waals surface area contributed by atoms with Gasteiger partial charge in [-0.3, -0.25) is 0 Å². The van der Waals surface area contributed by atoms with Crippen molar-refractivity contribution in [2.75, 3.05) is 0 Å². The van der Waals surface area contributed by atoms with Gasteiger partial charge in [0.2, 0.25) is 0 Å². The second-order valence-corrected chi connectivity index (χ2v) is 1.38. The van der Waals surface area contributed by atoms with Gasteiger partial charge in [-0.2, -0.15) is 0 Å². The van der Waals surface area contributed by atoms with Crippen molar-refractivity contribution in [3.8, 4) is 0 Å². The van der Waals surface area contributed by atoms with E-state index in [0.717, 1.165) is 6.42 Å². The first-order valence-corrected chi connectivity index (χ1v) is 2.50. The summed E-state index contributed by atoms with van der Waals surface area (Å²) in [6, 6.07) is 0. The average Bonchev–Trinajstić information content (AvgIpc) is 1.83. The summed E-state index contributed by atoms with van der Waals surface area (Å²) in [4.78, 5) is 9.54. The number of hydrogen-bond donors (Lipinski definition) is 0. The van der Waals surface area contributed by atoms with Gasteiger partial charge in [0.15, 0.2) is 0 Å². The number of hydrogen-bond acceptors (Lipinski definition) is 2. The molecular formula is C6H9O2. The van der Waals surface area contributed by atoms with Crippen molar-refractivity contribution < 1.29 is 9.53 Å². The fourth-order valence-electron chi connectivity index (χ4n) is 0.360. The minimum absolute atomic E-state index is 0.160. The smallest absolute Gasteiger partial charge is 0.418 e. The molecule has 45 valence electrons. The molecule has 0 N–H and O–H groups in total. The Bertz CT molecular complexity index is 78.6. The summed E-state index contributed by atoms with van der Waals surface area (Å²) < 4.78 is 4.42. The minimum Gasteiger partial charge on any atom is -0.450 e. The van der Waals surface area contributed by atoms with Crippen LogP contribution in [0.25, 0.3) is 0 Å². The van der Waals surface area contributed by atoms with E-state index < -0.39 is 0 Å². The molecule has 2 nitrogen and oxygen atoms in total. The number of ether oxygens (including phenoxy) is 1. The maximum Gasteiger partial charge on any atom is 0.418 e. The summed E-state index contributed by atoms with van der Waals surface area (Å²) in [7, 11) is 0. The molecule has 1 unspecified atom stereocenters. The molecule has 0 aromatic heterocycles. The Balaban J connectivity index is 3.35. The highest BCUT2D eigenvalue weighted by Crippen LogP contribution is 1.94. The van der Waals surface area contributed by atoms with E-state index >= 15 is 0 Å². The van der Waals surface area contributed by atoms with Crippen LogP contribution in [-0.2, 0) is 9.53 Å². The molecule has 0 saturated carbocycles. The van der Waals surface area contributed by atoms with Gasteiger partial charge in [-0.25, -0.2) is 4.79 Å². The fraction of sp³-hybridized carbons (Fsp3) is 0.500. The van der Waals surface area contributed by atoms with E-state index in [4.69, 9.17) is 0 Å². The summed E-state index contributed by atoms with van der Waals surface area (Å²) >= 11 is 0. The van der Waals surface area contributed by atoms with Crippen molar-refractivity contribution in [1.29, 1.82) is 0 Å². The van der Waals surface area contributed by atoms with Crippen molar-refractivity contribution in [2.45, 2.75) is 19.4 Å². The van der Waals surface area contributed by atoms with Gasteiger partial charge in [-0.05, 0) is 6.42 Å². The Labute approximate surface area is 49.1 Å². The first-order valence-electron chi connectivity index (χ1n) is 2.50. The van der Waals surface area contributed by atoms with Gasteiger partial charge in [-0.1, -0.05) is 19.6 Å². The van der Waals surface area contributed by atoms with Crippen LogP contribution in [-0.4, -0.2) is 12.6 Å². The van der Waals surface area contributed by atoms with Crippen LogP contribution in [0.2, 0.25) is 0 Å². The van der Waals surface area contributed by atoms with Crippen LogP contribution >= 0.6 is 0 Å². The van der Waals surface area contributed by atoms with Gasteiger partial charge in [0.1, 0.15) is 6.10 Å². The molecule has 0 spiro atoms. The molecule has 1 atom stereocenters. The van der Waals surface area contributed by atoms with E-state index in [0.29, 0.717) is 0 Å². The highest BCUT2D eigenvalue weighted by atomic mass is 16.5. The van der Waals surface area contributed by atoms with Crippen LogP contribution in [0.15, 0.2) is 12.7 Å². The van der Waals surface area contributed by atoms with Gasteiger partial charge in [0.25, 0.3) is 0 Å². The van der Waals surface area contributed by atoms with Crippen molar-refractivity contribution in [1.82, 2.24) is 0 Å². The van der Waals surface area contributed by atoms with Gasteiger partial charge >= 0.3 is 6.47 Å². The zero-order valence-electron chi connectivity index (χ0n) is 4.89. The maximum absolute atomic E-state index is 9.54. The quantitative estimate of drug-likeness (QED) is 0.509. The average molecular weight is 113 g/mol. The summed E-state index contributed by atoms with van der Waals surface area (Å²) in [5.41, 5.74) is 0. The van der Waals surface area contributed by atoms with Crippen LogP contribution in [0, 0.1) is 0 Å². The van der Waals surface area contributed by atoms with E-state index in [1.807, 2.05) is 6.92 Å². The fourth-order valence-corrected chi connectivity index (χ4v) is 0.360. The molecule has 8 heavy (non-hydrogen) atoms. The first kappa shape index (κ1) is 7.21. The van der Waals surface area contributed by atoms with Gasteiger partial charge in [0.05, 0.1) is 0 Å². The third-order valence-corrected chi connectivity index (χ3v) is 0.865. The zero-order valence-corrected chi connectivity index (χ0v) is 4.89. The molecular weight excluding hydrogens is 104 g/mol. The topological polar surface area (TPSA) is 26.3 Å². The molecule has 0 aromatic carbocycles.